The normalized spacial score (nSPS) is 20.2. The fourth-order valence-electron chi connectivity index (χ4n) is 2.90. The van der Waals surface area contributed by atoms with Crippen molar-refractivity contribution in [3.8, 4) is 6.07 Å². The summed E-state index contributed by atoms with van der Waals surface area (Å²) in [6.07, 6.45) is 0.552. The summed E-state index contributed by atoms with van der Waals surface area (Å²) in [4.78, 5) is 12.8. The predicted molar refractivity (Wildman–Crippen MR) is 101 cm³/mol. The third kappa shape index (κ3) is 3.45. The molecule has 0 aliphatic carbocycles. The zero-order chi connectivity index (χ0) is 17.1. The number of rotatable bonds is 3. The second-order valence-electron chi connectivity index (χ2n) is 5.61. The Morgan fingerprint density at radius 2 is 1.75 bits per heavy atom. The average molecular weight is 446 g/mol. The Morgan fingerprint density at radius 3 is 2.38 bits per heavy atom. The Kier molecular flexibility index (Phi) is 5.17. The van der Waals surface area contributed by atoms with E-state index in [-0.39, 0.29) is 17.7 Å². The van der Waals surface area contributed by atoms with Crippen LogP contribution >= 0.6 is 31.9 Å². The van der Waals surface area contributed by atoms with Crippen LogP contribution in [0.4, 0.5) is 0 Å². The number of halogens is 2. The molecule has 2 aromatic carbocycles. The maximum atomic E-state index is 12.8. The molecule has 0 spiro atoms. The minimum Gasteiger partial charge on any atom is -0.368 e. The number of carbonyl (C=O) groups is 1. The molecule has 0 aromatic heterocycles. The summed E-state index contributed by atoms with van der Waals surface area (Å²) in [5, 5.41) is 12.6. The standard InChI is InChI=1S/C19H14Br2N2O/c20-14-8-6-13(7-9-14)18(24)17-10-15(12-4-2-1-3-5-12)16(11-22)19(21)23-17/h1-9,15,17,23H,10H2. The number of benzene rings is 2. The van der Waals surface area contributed by atoms with Gasteiger partial charge >= 0.3 is 0 Å². The van der Waals surface area contributed by atoms with Gasteiger partial charge in [-0.15, -0.1) is 0 Å². The van der Waals surface area contributed by atoms with Crippen molar-refractivity contribution in [2.45, 2.75) is 18.4 Å². The maximum absolute atomic E-state index is 12.8. The first-order chi connectivity index (χ1) is 11.6. The Balaban J connectivity index is 1.92. The van der Waals surface area contributed by atoms with Gasteiger partial charge in [0.1, 0.15) is 0 Å². The number of ketones is 1. The lowest BCUT2D eigenvalue weighted by Crippen LogP contribution is -2.40. The fourth-order valence-corrected chi connectivity index (χ4v) is 3.80. The number of nitriles is 1. The van der Waals surface area contributed by atoms with Crippen molar-refractivity contribution < 1.29 is 4.79 Å². The van der Waals surface area contributed by atoms with Gasteiger partial charge in [-0.2, -0.15) is 5.26 Å². The van der Waals surface area contributed by atoms with Gasteiger partial charge in [-0.1, -0.05) is 58.4 Å². The van der Waals surface area contributed by atoms with Crippen LogP contribution < -0.4 is 5.32 Å². The van der Waals surface area contributed by atoms with Gasteiger partial charge in [-0.05, 0) is 40.0 Å². The minimum atomic E-state index is -0.372. The van der Waals surface area contributed by atoms with Gasteiger partial charge in [0.2, 0.25) is 0 Å². The van der Waals surface area contributed by atoms with Crippen molar-refractivity contribution in [3.05, 3.63) is 80.4 Å². The average Bonchev–Trinajstić information content (AvgIpc) is 2.62. The summed E-state index contributed by atoms with van der Waals surface area (Å²) in [5.41, 5.74) is 2.32. The summed E-state index contributed by atoms with van der Waals surface area (Å²) in [5.74, 6) is -0.0754. The quantitative estimate of drug-likeness (QED) is 0.539. The number of nitrogens with zero attached hydrogens (tertiary/aromatic N) is 1. The van der Waals surface area contributed by atoms with E-state index in [4.69, 9.17) is 0 Å². The van der Waals surface area contributed by atoms with Gasteiger partial charge < -0.3 is 5.32 Å². The van der Waals surface area contributed by atoms with E-state index in [9.17, 15) is 10.1 Å². The molecule has 120 valence electrons. The number of carbonyl (C=O) groups excluding carboxylic acids is 1. The molecule has 2 aromatic rings. The molecular weight excluding hydrogens is 432 g/mol. The molecule has 1 heterocycles. The van der Waals surface area contributed by atoms with Crippen molar-refractivity contribution in [1.82, 2.24) is 5.32 Å². The first-order valence-corrected chi connectivity index (χ1v) is 9.09. The van der Waals surface area contributed by atoms with Crippen LogP contribution in [0.5, 0.6) is 0 Å². The Bertz CT molecular complexity index is 823. The van der Waals surface area contributed by atoms with Gasteiger partial charge in [0, 0.05) is 16.0 Å². The Labute approximate surface area is 157 Å². The van der Waals surface area contributed by atoms with E-state index in [0.29, 0.717) is 22.2 Å². The molecule has 0 saturated heterocycles. The second-order valence-corrected chi connectivity index (χ2v) is 7.32. The number of nitrogens with one attached hydrogen (secondary N) is 1. The van der Waals surface area contributed by atoms with Gasteiger partial charge in [-0.3, -0.25) is 4.79 Å². The molecule has 1 aliphatic rings. The topological polar surface area (TPSA) is 52.9 Å². The van der Waals surface area contributed by atoms with Gasteiger partial charge in [0.15, 0.2) is 5.78 Å². The monoisotopic (exact) mass is 444 g/mol. The van der Waals surface area contributed by atoms with Crippen LogP contribution in [-0.2, 0) is 0 Å². The molecule has 3 rings (SSSR count). The summed E-state index contributed by atoms with van der Waals surface area (Å²) < 4.78 is 1.53. The highest BCUT2D eigenvalue weighted by Gasteiger charge is 2.33. The van der Waals surface area contributed by atoms with E-state index in [0.717, 1.165) is 10.0 Å². The zero-order valence-electron chi connectivity index (χ0n) is 12.7. The minimum absolute atomic E-state index is 0.0253. The molecule has 1 N–H and O–H groups in total. The largest absolute Gasteiger partial charge is 0.368 e. The van der Waals surface area contributed by atoms with Crippen LogP contribution in [0, 0.1) is 11.3 Å². The van der Waals surface area contributed by atoms with Crippen molar-refractivity contribution in [2.24, 2.45) is 0 Å². The van der Waals surface area contributed by atoms with Gasteiger partial charge in [-0.25, -0.2) is 0 Å². The van der Waals surface area contributed by atoms with E-state index in [1.54, 1.807) is 0 Å². The molecule has 0 amide bonds. The predicted octanol–water partition coefficient (Wildman–Crippen LogP) is 4.91. The highest BCUT2D eigenvalue weighted by Crippen LogP contribution is 2.36. The number of allylic oxidation sites excluding steroid dienone is 1. The Morgan fingerprint density at radius 1 is 1.08 bits per heavy atom. The first kappa shape index (κ1) is 16.9. The van der Waals surface area contributed by atoms with Crippen LogP contribution in [0.15, 0.2) is 69.2 Å². The molecule has 24 heavy (non-hydrogen) atoms. The van der Waals surface area contributed by atoms with Gasteiger partial charge in [0.05, 0.1) is 22.3 Å². The molecule has 5 heteroatoms. The van der Waals surface area contributed by atoms with Crippen LogP contribution in [0.25, 0.3) is 0 Å². The van der Waals surface area contributed by atoms with Crippen LogP contribution in [0.3, 0.4) is 0 Å². The second kappa shape index (κ2) is 7.33. The fraction of sp³-hybridized carbons (Fsp3) is 0.158. The molecule has 2 unspecified atom stereocenters. The molecule has 1 aliphatic heterocycles. The van der Waals surface area contributed by atoms with Crippen molar-refractivity contribution in [1.29, 1.82) is 5.26 Å². The van der Waals surface area contributed by atoms with E-state index < -0.39 is 0 Å². The SMILES string of the molecule is N#CC1=C(Br)NC(C(=O)c2ccc(Br)cc2)CC1c1ccccc1. The number of hydrogen-bond acceptors (Lipinski definition) is 3. The summed E-state index contributed by atoms with van der Waals surface area (Å²) in [6.45, 7) is 0. The van der Waals surface area contributed by atoms with E-state index in [2.05, 4.69) is 43.2 Å². The van der Waals surface area contributed by atoms with Crippen molar-refractivity contribution in [3.63, 3.8) is 0 Å². The lowest BCUT2D eigenvalue weighted by atomic mass is 9.82. The molecule has 3 nitrogen and oxygen atoms in total. The van der Waals surface area contributed by atoms with E-state index >= 15 is 0 Å². The summed E-state index contributed by atoms with van der Waals surface area (Å²) >= 11 is 6.81. The van der Waals surface area contributed by atoms with Gasteiger partial charge in [0.25, 0.3) is 0 Å². The molecule has 2 atom stereocenters. The van der Waals surface area contributed by atoms with Crippen molar-refractivity contribution >= 4 is 37.6 Å². The molecule has 0 fully saturated rings. The lowest BCUT2D eigenvalue weighted by Gasteiger charge is -2.30. The first-order valence-electron chi connectivity index (χ1n) is 7.51. The van der Waals surface area contributed by atoms with Crippen LogP contribution in [0.1, 0.15) is 28.3 Å². The molecular formula is C19H14Br2N2O. The van der Waals surface area contributed by atoms with Crippen LogP contribution in [0.2, 0.25) is 0 Å². The smallest absolute Gasteiger partial charge is 0.185 e. The van der Waals surface area contributed by atoms with Crippen LogP contribution in [-0.4, -0.2) is 11.8 Å². The third-order valence-electron chi connectivity index (χ3n) is 4.12. The Hall–Kier alpha value is -1.90. The zero-order valence-corrected chi connectivity index (χ0v) is 15.8. The van der Waals surface area contributed by atoms with Crippen molar-refractivity contribution in [2.75, 3.05) is 0 Å². The maximum Gasteiger partial charge on any atom is 0.185 e. The summed E-state index contributed by atoms with van der Waals surface area (Å²) in [7, 11) is 0. The highest BCUT2D eigenvalue weighted by atomic mass is 79.9. The third-order valence-corrected chi connectivity index (χ3v) is 5.31. The molecule has 0 radical (unpaired) electrons. The number of Topliss-reactive ketones (excluding diaryl/α,β-unsaturated/α-hetero) is 1. The number of hydrogen-bond donors (Lipinski definition) is 1. The highest BCUT2D eigenvalue weighted by molar-refractivity contribution is 9.11. The van der Waals surface area contributed by atoms with E-state index in [1.807, 2.05) is 54.6 Å². The molecule has 0 bridgehead atoms. The lowest BCUT2D eigenvalue weighted by molar-refractivity contribution is 0.0939. The molecule has 0 saturated carbocycles. The van der Waals surface area contributed by atoms with E-state index in [1.165, 1.54) is 0 Å². The summed E-state index contributed by atoms with van der Waals surface area (Å²) in [6, 6.07) is 19.1.